The lowest BCUT2D eigenvalue weighted by Gasteiger charge is -2.30. The van der Waals surface area contributed by atoms with Gasteiger partial charge in [0.15, 0.2) is 0 Å². The minimum atomic E-state index is -1.10. The second-order valence-corrected chi connectivity index (χ2v) is 8.64. The monoisotopic (exact) mass is 452 g/mol. The number of pyridine rings is 1. The first-order chi connectivity index (χ1) is 15.8. The summed E-state index contributed by atoms with van der Waals surface area (Å²) in [6.45, 7) is 4.03. The first kappa shape index (κ1) is 24.4. The van der Waals surface area contributed by atoms with Crippen molar-refractivity contribution >= 4 is 17.8 Å². The van der Waals surface area contributed by atoms with Gasteiger partial charge in [0.2, 0.25) is 11.8 Å². The van der Waals surface area contributed by atoms with E-state index >= 15 is 0 Å². The Balaban J connectivity index is 1.73. The van der Waals surface area contributed by atoms with E-state index in [1.54, 1.807) is 31.5 Å². The summed E-state index contributed by atoms with van der Waals surface area (Å²) in [7, 11) is 0. The molecule has 3 N–H and O–H groups in total. The van der Waals surface area contributed by atoms with Crippen LogP contribution in [-0.4, -0.2) is 51.8 Å². The minimum absolute atomic E-state index is 0.150. The van der Waals surface area contributed by atoms with E-state index in [2.05, 4.69) is 10.3 Å². The fourth-order valence-electron chi connectivity index (χ4n) is 3.74. The number of likely N-dealkylation sites (tertiary alicyclic amines) is 1. The van der Waals surface area contributed by atoms with Crippen LogP contribution < -0.4 is 11.1 Å². The van der Waals surface area contributed by atoms with E-state index in [0.717, 1.165) is 11.1 Å². The predicted octanol–water partition coefficient (Wildman–Crippen LogP) is 1.97. The molecule has 8 heteroatoms. The van der Waals surface area contributed by atoms with Crippen LogP contribution in [0.15, 0.2) is 54.9 Å². The molecule has 1 aliphatic rings. The molecule has 2 aromatic rings. The zero-order valence-electron chi connectivity index (χ0n) is 19.2. The number of hydrogen-bond acceptors (Lipinski definition) is 6. The molecule has 0 unspecified atom stereocenters. The number of nitrogens with one attached hydrogen (secondary N) is 1. The molecule has 3 atom stereocenters. The van der Waals surface area contributed by atoms with Gasteiger partial charge in [0.05, 0.1) is 5.54 Å². The van der Waals surface area contributed by atoms with Crippen LogP contribution in [0.1, 0.15) is 44.2 Å². The molecule has 176 valence electrons. The number of rotatable bonds is 9. The summed E-state index contributed by atoms with van der Waals surface area (Å²) >= 11 is 0. The molecule has 8 nitrogen and oxygen atoms in total. The first-order valence-electron chi connectivity index (χ1n) is 11.3. The van der Waals surface area contributed by atoms with Crippen molar-refractivity contribution in [1.82, 2.24) is 15.2 Å². The van der Waals surface area contributed by atoms with Crippen molar-refractivity contribution < 1.29 is 19.1 Å². The summed E-state index contributed by atoms with van der Waals surface area (Å²) in [6.07, 6.45) is 5.19. The Morgan fingerprint density at radius 2 is 1.88 bits per heavy atom. The summed E-state index contributed by atoms with van der Waals surface area (Å²) in [4.78, 5) is 44.7. The molecule has 1 aromatic heterocycles. The number of amides is 2. The highest BCUT2D eigenvalue weighted by Gasteiger charge is 2.39. The fraction of sp³-hybridized carbons (Fsp3) is 0.440. The van der Waals surface area contributed by atoms with Gasteiger partial charge in [-0.1, -0.05) is 37.3 Å². The van der Waals surface area contributed by atoms with E-state index in [9.17, 15) is 14.4 Å². The van der Waals surface area contributed by atoms with Gasteiger partial charge in [-0.15, -0.1) is 0 Å². The lowest BCUT2D eigenvalue weighted by Crippen LogP contribution is -2.59. The topological polar surface area (TPSA) is 115 Å². The van der Waals surface area contributed by atoms with E-state index < -0.39 is 29.5 Å². The quantitative estimate of drug-likeness (QED) is 0.562. The molecule has 3 rings (SSSR count). The van der Waals surface area contributed by atoms with Crippen molar-refractivity contribution in [2.45, 2.75) is 63.8 Å². The summed E-state index contributed by atoms with van der Waals surface area (Å²) in [5, 5.41) is 2.82. The van der Waals surface area contributed by atoms with Gasteiger partial charge in [-0.3, -0.25) is 14.6 Å². The van der Waals surface area contributed by atoms with Crippen molar-refractivity contribution in [3.63, 3.8) is 0 Å². The number of nitrogens with two attached hydrogens (primary N) is 1. The van der Waals surface area contributed by atoms with Gasteiger partial charge in [-0.05, 0) is 49.4 Å². The van der Waals surface area contributed by atoms with Gasteiger partial charge >= 0.3 is 5.97 Å². The maximum Gasteiger partial charge on any atom is 0.329 e. The Morgan fingerprint density at radius 1 is 1.18 bits per heavy atom. The first-order valence-corrected chi connectivity index (χ1v) is 11.3. The summed E-state index contributed by atoms with van der Waals surface area (Å²) in [5.74, 6) is -1.15. The fourth-order valence-corrected chi connectivity index (χ4v) is 3.74. The number of carbonyl (C=O) groups is 3. The molecule has 1 saturated heterocycles. The standard InChI is InChI=1S/C25H32N4O4/c1-3-25(2,26)24(32)28-20(16-18-11-13-27-14-12-18)22(30)29-15-7-10-21(29)23(31)33-17-19-8-5-4-6-9-19/h4-6,8-9,11-14,20-21H,3,7,10,15-17,26H2,1-2H3,(H,28,32)/t20-,21+,25-/m0/s1. The second kappa shape index (κ2) is 11.0. The van der Waals surface area contributed by atoms with Crippen LogP contribution >= 0.6 is 0 Å². The smallest absolute Gasteiger partial charge is 0.329 e. The molecular weight excluding hydrogens is 420 g/mol. The Kier molecular flexibility index (Phi) is 8.16. The molecule has 33 heavy (non-hydrogen) atoms. The average Bonchev–Trinajstić information content (AvgIpc) is 3.33. The minimum Gasteiger partial charge on any atom is -0.459 e. The van der Waals surface area contributed by atoms with Crippen LogP contribution in [0.3, 0.4) is 0 Å². The summed E-state index contributed by atoms with van der Waals surface area (Å²) in [6, 6.07) is 11.5. The molecule has 0 bridgehead atoms. The molecule has 0 aliphatic carbocycles. The lowest BCUT2D eigenvalue weighted by molar-refractivity contribution is -0.155. The molecular formula is C25H32N4O4. The summed E-state index contributed by atoms with van der Waals surface area (Å²) in [5.41, 5.74) is 6.73. The predicted molar refractivity (Wildman–Crippen MR) is 124 cm³/mol. The Bertz CT molecular complexity index is 949. The third-order valence-electron chi connectivity index (χ3n) is 6.08. The van der Waals surface area contributed by atoms with Crippen molar-refractivity contribution in [2.24, 2.45) is 5.73 Å². The number of benzene rings is 1. The largest absolute Gasteiger partial charge is 0.459 e. The summed E-state index contributed by atoms with van der Waals surface area (Å²) < 4.78 is 5.49. The van der Waals surface area contributed by atoms with E-state index in [0.29, 0.717) is 25.8 Å². The third kappa shape index (κ3) is 6.38. The number of ether oxygens (including phenoxy) is 1. The van der Waals surface area contributed by atoms with Crippen LogP contribution in [-0.2, 0) is 32.1 Å². The lowest BCUT2D eigenvalue weighted by atomic mass is 9.97. The van der Waals surface area contributed by atoms with E-state index in [4.69, 9.17) is 10.5 Å². The molecule has 0 spiro atoms. The van der Waals surface area contributed by atoms with Gasteiger partial charge < -0.3 is 20.7 Å². The van der Waals surface area contributed by atoms with E-state index in [-0.39, 0.29) is 18.9 Å². The van der Waals surface area contributed by atoms with Crippen LogP contribution in [0.5, 0.6) is 0 Å². The molecule has 1 fully saturated rings. The van der Waals surface area contributed by atoms with Gasteiger partial charge in [0.1, 0.15) is 18.7 Å². The molecule has 0 saturated carbocycles. The van der Waals surface area contributed by atoms with Crippen molar-refractivity contribution in [2.75, 3.05) is 6.54 Å². The number of carbonyl (C=O) groups excluding carboxylic acids is 3. The highest BCUT2D eigenvalue weighted by atomic mass is 16.5. The van der Waals surface area contributed by atoms with Gasteiger partial charge in [0.25, 0.3) is 0 Å². The van der Waals surface area contributed by atoms with Crippen molar-refractivity contribution in [3.8, 4) is 0 Å². The Labute approximate surface area is 194 Å². The average molecular weight is 453 g/mol. The van der Waals surface area contributed by atoms with Gasteiger partial charge in [0, 0.05) is 25.4 Å². The molecule has 1 aliphatic heterocycles. The van der Waals surface area contributed by atoms with Crippen molar-refractivity contribution in [1.29, 1.82) is 0 Å². The number of hydrogen-bond donors (Lipinski definition) is 2. The maximum atomic E-state index is 13.5. The maximum absolute atomic E-state index is 13.5. The van der Waals surface area contributed by atoms with Gasteiger partial charge in [-0.2, -0.15) is 0 Å². The molecule has 1 aromatic carbocycles. The van der Waals surface area contributed by atoms with E-state index in [1.165, 1.54) is 4.90 Å². The Hall–Kier alpha value is -3.26. The van der Waals surface area contributed by atoms with E-state index in [1.807, 2.05) is 37.3 Å². The van der Waals surface area contributed by atoms with Crippen LogP contribution in [0.4, 0.5) is 0 Å². The zero-order chi connectivity index (χ0) is 23.8. The number of nitrogens with zero attached hydrogens (tertiary/aromatic N) is 2. The highest BCUT2D eigenvalue weighted by molar-refractivity contribution is 5.93. The SMILES string of the molecule is CC[C@](C)(N)C(=O)N[C@@H](Cc1ccncc1)C(=O)N1CCC[C@@H]1C(=O)OCc1ccccc1. The molecule has 0 radical (unpaired) electrons. The molecule has 2 amide bonds. The normalized spacial score (nSPS) is 18.3. The van der Waals surface area contributed by atoms with Crippen LogP contribution in [0.25, 0.3) is 0 Å². The number of aromatic nitrogens is 1. The second-order valence-electron chi connectivity index (χ2n) is 8.64. The van der Waals surface area contributed by atoms with Gasteiger partial charge in [-0.25, -0.2) is 4.79 Å². The highest BCUT2D eigenvalue weighted by Crippen LogP contribution is 2.21. The van der Waals surface area contributed by atoms with Crippen LogP contribution in [0, 0.1) is 0 Å². The van der Waals surface area contributed by atoms with Crippen LogP contribution in [0.2, 0.25) is 0 Å². The zero-order valence-corrected chi connectivity index (χ0v) is 19.2. The number of esters is 1. The molecule has 2 heterocycles. The third-order valence-corrected chi connectivity index (χ3v) is 6.08. The Morgan fingerprint density at radius 3 is 2.55 bits per heavy atom. The van der Waals surface area contributed by atoms with Crippen molar-refractivity contribution in [3.05, 3.63) is 66.0 Å².